The van der Waals surface area contributed by atoms with Crippen molar-refractivity contribution < 1.29 is 41.6 Å². The molecule has 0 saturated carbocycles. The molecule has 2 atom stereocenters. The van der Waals surface area contributed by atoms with E-state index >= 15 is 0 Å². The van der Waals surface area contributed by atoms with E-state index in [1.165, 1.54) is 0 Å². The number of aliphatic hydroxyl groups is 2. The molecule has 0 saturated heterocycles. The van der Waals surface area contributed by atoms with Crippen LogP contribution in [0.5, 0.6) is 0 Å². The van der Waals surface area contributed by atoms with Crippen LogP contribution in [0.2, 0.25) is 0 Å². The first-order valence-electron chi connectivity index (χ1n) is 4.50. The van der Waals surface area contributed by atoms with Crippen LogP contribution in [-0.2, 0) is 20.2 Å². The van der Waals surface area contributed by atoms with Crippen molar-refractivity contribution in [1.82, 2.24) is 0 Å². The summed E-state index contributed by atoms with van der Waals surface area (Å²) in [6.45, 7) is 0. The third-order valence-corrected chi connectivity index (χ3v) is 5.55. The Kier molecular flexibility index (Phi) is 21.9. The van der Waals surface area contributed by atoms with Crippen LogP contribution in [-0.4, -0.2) is 136 Å². The van der Waals surface area contributed by atoms with Gasteiger partial charge < -0.3 is 15.7 Å². The molecular formula is C6H18Na2O9S4. The molecule has 0 aliphatic heterocycles. The van der Waals surface area contributed by atoms with Gasteiger partial charge in [-0.15, -0.1) is 0 Å². The molecule has 15 heteroatoms. The van der Waals surface area contributed by atoms with E-state index in [4.69, 9.17) is 19.3 Å². The second-order valence-corrected chi connectivity index (χ2v) is 8.92. The molecule has 122 valence electrons. The molecule has 0 aliphatic carbocycles. The van der Waals surface area contributed by atoms with Crippen LogP contribution in [0.25, 0.3) is 0 Å². The standard InChI is InChI=1S/C6H14O8S4.2Na.H2O.2H/c7-5(3-17(9,10)11)1-15-16-2-6(8)4-18(12,13)14;;;;;/h5-8H,1-4H2,(H,9,10,11)(H,12,13,14);;;1H2;;. The third kappa shape index (κ3) is 24.8. The fraction of sp³-hybridized carbons (Fsp3) is 1.00. The fourth-order valence-electron chi connectivity index (χ4n) is 0.836. The molecule has 0 aromatic heterocycles. The second-order valence-electron chi connectivity index (χ2n) is 3.37. The monoisotopic (exact) mass is 408 g/mol. The van der Waals surface area contributed by atoms with Gasteiger partial charge in [-0.05, 0) is 0 Å². The van der Waals surface area contributed by atoms with Gasteiger partial charge in [-0.25, -0.2) is 0 Å². The normalized spacial score (nSPS) is 14.1. The van der Waals surface area contributed by atoms with E-state index < -0.39 is 43.9 Å². The summed E-state index contributed by atoms with van der Waals surface area (Å²) in [5.74, 6) is -1.59. The van der Waals surface area contributed by atoms with Gasteiger partial charge in [0.1, 0.15) is 11.5 Å². The average molecular weight is 408 g/mol. The molecular weight excluding hydrogens is 390 g/mol. The van der Waals surface area contributed by atoms with Gasteiger partial charge in [-0.3, -0.25) is 9.11 Å². The molecule has 0 bridgehead atoms. The van der Waals surface area contributed by atoms with Gasteiger partial charge in [0.15, 0.2) is 0 Å². The summed E-state index contributed by atoms with van der Waals surface area (Å²) >= 11 is 0. The first-order valence-corrected chi connectivity index (χ1v) is 10.2. The molecule has 0 amide bonds. The molecule has 9 nitrogen and oxygen atoms in total. The zero-order valence-corrected chi connectivity index (χ0v) is 12.8. The molecule has 0 aromatic carbocycles. The van der Waals surface area contributed by atoms with Crippen molar-refractivity contribution in [3.63, 3.8) is 0 Å². The van der Waals surface area contributed by atoms with Gasteiger partial charge in [0.2, 0.25) is 0 Å². The third-order valence-electron chi connectivity index (χ3n) is 1.41. The summed E-state index contributed by atoms with van der Waals surface area (Å²) in [7, 11) is -6.45. The van der Waals surface area contributed by atoms with Gasteiger partial charge in [0, 0.05) is 11.5 Å². The van der Waals surface area contributed by atoms with Gasteiger partial charge in [-0.1, -0.05) is 21.6 Å². The van der Waals surface area contributed by atoms with Crippen LogP contribution < -0.4 is 0 Å². The van der Waals surface area contributed by atoms with Crippen molar-refractivity contribution in [1.29, 1.82) is 0 Å². The molecule has 0 heterocycles. The number of hydrogen-bond donors (Lipinski definition) is 4. The van der Waals surface area contributed by atoms with Crippen molar-refractivity contribution in [2.75, 3.05) is 23.0 Å². The van der Waals surface area contributed by atoms with Crippen molar-refractivity contribution in [3.05, 3.63) is 0 Å². The van der Waals surface area contributed by atoms with Crippen LogP contribution in [0, 0.1) is 0 Å². The zero-order chi connectivity index (χ0) is 14.4. The quantitative estimate of drug-likeness (QED) is 0.131. The molecule has 2 unspecified atom stereocenters. The summed E-state index contributed by atoms with van der Waals surface area (Å²) in [6, 6.07) is 0. The molecule has 6 N–H and O–H groups in total. The Hall–Kier alpha value is 2.40. The fourth-order valence-corrected chi connectivity index (χ4v) is 4.60. The van der Waals surface area contributed by atoms with Crippen LogP contribution in [0.3, 0.4) is 0 Å². The van der Waals surface area contributed by atoms with Crippen LogP contribution in [0.1, 0.15) is 0 Å². The summed E-state index contributed by atoms with van der Waals surface area (Å²) in [5, 5.41) is 18.3. The molecule has 0 aliphatic rings. The van der Waals surface area contributed by atoms with Gasteiger partial charge in [0.25, 0.3) is 20.2 Å². The van der Waals surface area contributed by atoms with Crippen molar-refractivity contribution >= 4 is 101 Å². The summed E-state index contributed by atoms with van der Waals surface area (Å²) in [6.07, 6.45) is -2.51. The first-order chi connectivity index (χ1) is 7.99. The summed E-state index contributed by atoms with van der Waals surface area (Å²) in [4.78, 5) is 0. The zero-order valence-electron chi connectivity index (χ0n) is 9.54. The summed E-state index contributed by atoms with van der Waals surface area (Å²) < 4.78 is 58.4. The van der Waals surface area contributed by atoms with Gasteiger partial charge in [0.05, 0.1) is 12.2 Å². The molecule has 0 rings (SSSR count). The van der Waals surface area contributed by atoms with Crippen molar-refractivity contribution in [3.8, 4) is 0 Å². The Bertz CT molecular complexity index is 397. The van der Waals surface area contributed by atoms with E-state index in [1.807, 2.05) is 0 Å². The predicted octanol–water partition coefficient (Wildman–Crippen LogP) is -3.26. The maximum atomic E-state index is 10.4. The number of rotatable bonds is 9. The average Bonchev–Trinajstić information content (AvgIpc) is 2.06. The Morgan fingerprint density at radius 1 is 0.762 bits per heavy atom. The van der Waals surface area contributed by atoms with Crippen LogP contribution in [0.4, 0.5) is 0 Å². The first kappa shape index (κ1) is 31.2. The molecule has 0 aromatic rings. The number of hydrogen-bond acceptors (Lipinski definition) is 8. The van der Waals surface area contributed by atoms with E-state index in [0.717, 1.165) is 21.6 Å². The molecule has 0 spiro atoms. The Labute approximate surface area is 175 Å². The summed E-state index contributed by atoms with van der Waals surface area (Å²) in [5.41, 5.74) is 0. The van der Waals surface area contributed by atoms with Crippen molar-refractivity contribution in [2.45, 2.75) is 12.2 Å². The Morgan fingerprint density at radius 2 is 1.00 bits per heavy atom. The van der Waals surface area contributed by atoms with E-state index in [2.05, 4.69) is 0 Å². The minimum absolute atomic E-state index is 0. The molecule has 0 radical (unpaired) electrons. The van der Waals surface area contributed by atoms with E-state index in [0.29, 0.717) is 0 Å². The van der Waals surface area contributed by atoms with E-state index in [1.54, 1.807) is 0 Å². The Balaban J connectivity index is -0.000000482. The van der Waals surface area contributed by atoms with Crippen molar-refractivity contribution in [2.24, 2.45) is 0 Å². The van der Waals surface area contributed by atoms with Gasteiger partial charge in [-0.2, -0.15) is 16.8 Å². The minimum atomic E-state index is -4.24. The van der Waals surface area contributed by atoms with Crippen LogP contribution >= 0.6 is 21.6 Å². The molecule has 0 fully saturated rings. The molecule has 21 heavy (non-hydrogen) atoms. The van der Waals surface area contributed by atoms with E-state index in [9.17, 15) is 16.8 Å². The maximum absolute atomic E-state index is 10.4. The topological polar surface area (TPSA) is 181 Å². The SMILES string of the molecule is O.O=S(=O)(O)CC(O)CSSCC(O)CS(=O)(=O)O.[NaH].[NaH]. The number of aliphatic hydroxyl groups excluding tert-OH is 2. The second kappa shape index (κ2) is 14.7. The van der Waals surface area contributed by atoms with Crippen LogP contribution in [0.15, 0.2) is 0 Å². The predicted molar refractivity (Wildman–Crippen MR) is 87.7 cm³/mol. The van der Waals surface area contributed by atoms with Gasteiger partial charge >= 0.3 is 59.1 Å². The van der Waals surface area contributed by atoms with E-state index in [-0.39, 0.29) is 76.1 Å². The Morgan fingerprint density at radius 3 is 1.19 bits per heavy atom.